The fraction of sp³-hybridized carbons (Fsp3) is 0.579. The number of hydrogen-bond donors (Lipinski definition) is 1. The number of ether oxygens (including phenoxy) is 2. The van der Waals surface area contributed by atoms with Crippen LogP contribution >= 0.6 is 0 Å². The van der Waals surface area contributed by atoms with Gasteiger partial charge in [-0.1, -0.05) is 0 Å². The molecule has 1 atom stereocenters. The molecule has 0 radical (unpaired) electrons. The monoisotopic (exact) mass is 346 g/mol. The van der Waals surface area contributed by atoms with E-state index in [-0.39, 0.29) is 24.0 Å². The van der Waals surface area contributed by atoms with Crippen molar-refractivity contribution in [2.45, 2.75) is 44.8 Å². The lowest BCUT2D eigenvalue weighted by molar-refractivity contribution is -0.142. The van der Waals surface area contributed by atoms with Crippen LogP contribution in [0.4, 0.5) is 0 Å². The lowest BCUT2D eigenvalue weighted by atomic mass is 10.0. The average Bonchev–Trinajstić information content (AvgIpc) is 3.17. The van der Waals surface area contributed by atoms with Gasteiger partial charge in [0, 0.05) is 31.3 Å². The van der Waals surface area contributed by atoms with E-state index in [4.69, 9.17) is 9.47 Å². The van der Waals surface area contributed by atoms with Crippen molar-refractivity contribution in [1.29, 1.82) is 0 Å². The highest BCUT2D eigenvalue weighted by atomic mass is 16.5. The number of hydrogen-bond acceptors (Lipinski definition) is 4. The normalized spacial score (nSPS) is 21.2. The Hall–Kier alpha value is -2.08. The Balaban J connectivity index is 1.46. The van der Waals surface area contributed by atoms with Gasteiger partial charge in [0.25, 0.3) is 11.8 Å². The van der Waals surface area contributed by atoms with E-state index in [9.17, 15) is 9.59 Å². The van der Waals surface area contributed by atoms with Crippen LogP contribution in [-0.2, 0) is 9.53 Å². The summed E-state index contributed by atoms with van der Waals surface area (Å²) in [4.78, 5) is 26.6. The van der Waals surface area contributed by atoms with E-state index in [1.807, 2.05) is 11.8 Å². The van der Waals surface area contributed by atoms with Gasteiger partial charge in [-0.3, -0.25) is 9.59 Å². The molecule has 0 spiro atoms. The Labute approximate surface area is 148 Å². The predicted molar refractivity (Wildman–Crippen MR) is 93.7 cm³/mol. The number of likely N-dealkylation sites (tertiary alicyclic amines) is 1. The van der Waals surface area contributed by atoms with Gasteiger partial charge in [-0.15, -0.1) is 0 Å². The molecule has 1 unspecified atom stereocenters. The van der Waals surface area contributed by atoms with Crippen molar-refractivity contribution >= 4 is 11.8 Å². The van der Waals surface area contributed by atoms with Crippen LogP contribution in [-0.4, -0.2) is 55.2 Å². The molecule has 3 rings (SSSR count). The van der Waals surface area contributed by atoms with Crippen molar-refractivity contribution in [3.8, 4) is 5.75 Å². The Morgan fingerprint density at radius 2 is 1.92 bits per heavy atom. The summed E-state index contributed by atoms with van der Waals surface area (Å²) in [5, 5.41) is 3.07. The topological polar surface area (TPSA) is 67.9 Å². The van der Waals surface area contributed by atoms with Crippen LogP contribution in [0.2, 0.25) is 0 Å². The molecule has 2 heterocycles. The summed E-state index contributed by atoms with van der Waals surface area (Å²) < 4.78 is 10.9. The maximum absolute atomic E-state index is 12.4. The molecule has 0 bridgehead atoms. The molecular formula is C19H26N2O4. The number of nitrogens with one attached hydrogen (secondary N) is 1. The third-order valence-corrected chi connectivity index (χ3v) is 4.77. The number of nitrogens with zero attached hydrogens (tertiary/aromatic N) is 1. The van der Waals surface area contributed by atoms with Gasteiger partial charge in [0.1, 0.15) is 11.9 Å². The summed E-state index contributed by atoms with van der Waals surface area (Å²) in [6, 6.07) is 7.27. The maximum atomic E-state index is 12.4. The number of amides is 2. The molecule has 2 amide bonds. The Morgan fingerprint density at radius 3 is 2.52 bits per heavy atom. The minimum atomic E-state index is -0.255. The maximum Gasteiger partial charge on any atom is 0.251 e. The van der Waals surface area contributed by atoms with E-state index in [1.54, 1.807) is 24.3 Å². The second-order valence-electron chi connectivity index (χ2n) is 6.53. The number of carbonyl (C=O) groups excluding carboxylic acids is 2. The highest BCUT2D eigenvalue weighted by molar-refractivity contribution is 5.94. The zero-order valence-electron chi connectivity index (χ0n) is 14.7. The molecule has 1 aromatic carbocycles. The molecule has 2 aliphatic rings. The highest BCUT2D eigenvalue weighted by Gasteiger charge is 2.31. The van der Waals surface area contributed by atoms with E-state index in [1.165, 1.54) is 0 Å². The average molecular weight is 346 g/mol. The SMILES string of the molecule is CCOc1ccc(C(=O)NC2CCN(C(=O)C3CCCO3)CC2)cc1. The zero-order chi connectivity index (χ0) is 17.6. The molecule has 0 saturated carbocycles. The zero-order valence-corrected chi connectivity index (χ0v) is 14.7. The minimum Gasteiger partial charge on any atom is -0.494 e. The molecular weight excluding hydrogens is 320 g/mol. The van der Waals surface area contributed by atoms with Crippen LogP contribution < -0.4 is 10.1 Å². The van der Waals surface area contributed by atoms with Gasteiger partial charge in [-0.25, -0.2) is 0 Å². The molecule has 2 fully saturated rings. The standard InChI is InChI=1S/C19H26N2O4/c1-2-24-16-7-5-14(6-8-16)18(22)20-15-9-11-21(12-10-15)19(23)17-4-3-13-25-17/h5-8,15,17H,2-4,9-13H2,1H3,(H,20,22). The summed E-state index contributed by atoms with van der Waals surface area (Å²) in [6.45, 7) is 4.57. The van der Waals surface area contributed by atoms with Crippen LogP contribution in [0.1, 0.15) is 43.0 Å². The van der Waals surface area contributed by atoms with E-state index in [0.29, 0.717) is 31.9 Å². The number of piperidine rings is 1. The van der Waals surface area contributed by atoms with Crippen LogP contribution in [0.5, 0.6) is 5.75 Å². The predicted octanol–water partition coefficient (Wildman–Crippen LogP) is 1.99. The molecule has 25 heavy (non-hydrogen) atoms. The lowest BCUT2D eigenvalue weighted by Gasteiger charge is -2.33. The van der Waals surface area contributed by atoms with Crippen molar-refractivity contribution < 1.29 is 19.1 Å². The smallest absolute Gasteiger partial charge is 0.251 e. The quantitative estimate of drug-likeness (QED) is 0.885. The Kier molecular flexibility index (Phi) is 5.91. The summed E-state index contributed by atoms with van der Waals surface area (Å²) in [6.07, 6.45) is 3.09. The van der Waals surface area contributed by atoms with Gasteiger partial charge < -0.3 is 19.7 Å². The Morgan fingerprint density at radius 1 is 1.20 bits per heavy atom. The van der Waals surface area contributed by atoms with E-state index < -0.39 is 0 Å². The van der Waals surface area contributed by atoms with Crippen LogP contribution in [0.3, 0.4) is 0 Å². The molecule has 0 aliphatic carbocycles. The first-order valence-electron chi connectivity index (χ1n) is 9.11. The summed E-state index contributed by atoms with van der Waals surface area (Å²) in [5.41, 5.74) is 0.626. The molecule has 0 aromatic heterocycles. The minimum absolute atomic E-state index is 0.0769. The number of benzene rings is 1. The fourth-order valence-corrected chi connectivity index (χ4v) is 3.36. The lowest BCUT2D eigenvalue weighted by Crippen LogP contribution is -2.49. The van der Waals surface area contributed by atoms with Crippen LogP contribution in [0.15, 0.2) is 24.3 Å². The second kappa shape index (κ2) is 8.34. The fourth-order valence-electron chi connectivity index (χ4n) is 3.36. The molecule has 1 N–H and O–H groups in total. The van der Waals surface area contributed by atoms with Crippen molar-refractivity contribution in [1.82, 2.24) is 10.2 Å². The third-order valence-electron chi connectivity index (χ3n) is 4.77. The molecule has 6 nitrogen and oxygen atoms in total. The molecule has 1 aromatic rings. The summed E-state index contributed by atoms with van der Waals surface area (Å²) >= 11 is 0. The van der Waals surface area contributed by atoms with Gasteiger partial charge in [0.15, 0.2) is 0 Å². The van der Waals surface area contributed by atoms with Gasteiger partial charge in [-0.05, 0) is 56.9 Å². The second-order valence-corrected chi connectivity index (χ2v) is 6.53. The molecule has 136 valence electrons. The van der Waals surface area contributed by atoms with Crippen LogP contribution in [0, 0.1) is 0 Å². The Bertz CT molecular complexity index is 588. The van der Waals surface area contributed by atoms with E-state index in [0.717, 1.165) is 31.4 Å². The van der Waals surface area contributed by atoms with Crippen molar-refractivity contribution in [2.75, 3.05) is 26.3 Å². The summed E-state index contributed by atoms with van der Waals surface area (Å²) in [5.74, 6) is 0.792. The van der Waals surface area contributed by atoms with Gasteiger partial charge >= 0.3 is 0 Å². The number of carbonyl (C=O) groups is 2. The van der Waals surface area contributed by atoms with Crippen molar-refractivity contribution in [3.05, 3.63) is 29.8 Å². The van der Waals surface area contributed by atoms with E-state index >= 15 is 0 Å². The van der Waals surface area contributed by atoms with Gasteiger partial charge in [0.2, 0.25) is 0 Å². The van der Waals surface area contributed by atoms with E-state index in [2.05, 4.69) is 5.32 Å². The van der Waals surface area contributed by atoms with Gasteiger partial charge in [-0.2, -0.15) is 0 Å². The molecule has 2 saturated heterocycles. The van der Waals surface area contributed by atoms with Crippen molar-refractivity contribution in [2.24, 2.45) is 0 Å². The van der Waals surface area contributed by atoms with Gasteiger partial charge in [0.05, 0.1) is 6.61 Å². The molecule has 2 aliphatic heterocycles. The van der Waals surface area contributed by atoms with Crippen molar-refractivity contribution in [3.63, 3.8) is 0 Å². The largest absolute Gasteiger partial charge is 0.494 e. The first-order valence-corrected chi connectivity index (χ1v) is 9.11. The molecule has 6 heteroatoms. The first kappa shape index (κ1) is 17.7. The summed E-state index contributed by atoms with van der Waals surface area (Å²) in [7, 11) is 0. The first-order chi connectivity index (χ1) is 12.2. The highest BCUT2D eigenvalue weighted by Crippen LogP contribution is 2.19. The number of rotatable bonds is 5. The van der Waals surface area contributed by atoms with Crippen LogP contribution in [0.25, 0.3) is 0 Å². The third kappa shape index (κ3) is 4.51.